The van der Waals surface area contributed by atoms with Gasteiger partial charge in [-0.2, -0.15) is 0 Å². The van der Waals surface area contributed by atoms with Crippen molar-refractivity contribution in [3.63, 3.8) is 0 Å². The highest BCUT2D eigenvalue weighted by Crippen LogP contribution is 2.28. The monoisotopic (exact) mass is 230 g/mol. The fourth-order valence-electron chi connectivity index (χ4n) is 3.44. The molecular formula is C15H22N2. The van der Waals surface area contributed by atoms with E-state index in [0.717, 1.165) is 18.6 Å². The Hall–Kier alpha value is -0.860. The van der Waals surface area contributed by atoms with Crippen LogP contribution in [-0.4, -0.2) is 29.6 Å². The number of nitrogens with zero attached hydrogens (tertiary/aromatic N) is 1. The topological polar surface area (TPSA) is 15.3 Å². The molecule has 92 valence electrons. The van der Waals surface area contributed by atoms with Crippen LogP contribution in [0.3, 0.4) is 0 Å². The summed E-state index contributed by atoms with van der Waals surface area (Å²) in [6.45, 7) is 4.71. The summed E-state index contributed by atoms with van der Waals surface area (Å²) in [6, 6.07) is 13.1. The van der Waals surface area contributed by atoms with Crippen molar-refractivity contribution in [1.29, 1.82) is 0 Å². The largest absolute Gasteiger partial charge is 0.310 e. The van der Waals surface area contributed by atoms with Crippen molar-refractivity contribution < 1.29 is 0 Å². The summed E-state index contributed by atoms with van der Waals surface area (Å²) in [7, 11) is 0. The molecule has 2 saturated heterocycles. The molecule has 2 aliphatic rings. The van der Waals surface area contributed by atoms with Crippen LogP contribution in [0.15, 0.2) is 30.3 Å². The van der Waals surface area contributed by atoms with Gasteiger partial charge in [-0.25, -0.2) is 0 Å². The van der Waals surface area contributed by atoms with Gasteiger partial charge >= 0.3 is 0 Å². The Bertz CT molecular complexity index is 362. The van der Waals surface area contributed by atoms with Crippen LogP contribution in [0.5, 0.6) is 0 Å². The van der Waals surface area contributed by atoms with Gasteiger partial charge in [0.2, 0.25) is 0 Å². The second-order valence-corrected chi connectivity index (χ2v) is 5.58. The van der Waals surface area contributed by atoms with Crippen LogP contribution in [0.2, 0.25) is 0 Å². The lowest BCUT2D eigenvalue weighted by Crippen LogP contribution is -2.47. The number of rotatable bonds is 2. The molecule has 0 aliphatic carbocycles. The third kappa shape index (κ3) is 2.38. The highest BCUT2D eigenvalue weighted by molar-refractivity contribution is 5.15. The van der Waals surface area contributed by atoms with Gasteiger partial charge in [0.1, 0.15) is 0 Å². The predicted octanol–water partition coefficient (Wildman–Crippen LogP) is 2.40. The van der Waals surface area contributed by atoms with Gasteiger partial charge in [-0.05, 0) is 38.3 Å². The first-order valence-electron chi connectivity index (χ1n) is 6.87. The van der Waals surface area contributed by atoms with Gasteiger partial charge in [0.05, 0.1) is 0 Å². The Balaban J connectivity index is 1.70. The Kier molecular flexibility index (Phi) is 3.17. The van der Waals surface area contributed by atoms with Crippen molar-refractivity contribution in [2.75, 3.05) is 6.54 Å². The molecule has 1 aromatic carbocycles. The van der Waals surface area contributed by atoms with Crippen molar-refractivity contribution in [3.05, 3.63) is 35.9 Å². The number of hydrogen-bond acceptors (Lipinski definition) is 2. The highest BCUT2D eigenvalue weighted by Gasteiger charge is 2.37. The lowest BCUT2D eigenvalue weighted by Gasteiger charge is -2.37. The molecule has 2 heteroatoms. The first-order chi connectivity index (χ1) is 8.33. The quantitative estimate of drug-likeness (QED) is 0.839. The summed E-state index contributed by atoms with van der Waals surface area (Å²) in [5.74, 6) is 0. The zero-order valence-corrected chi connectivity index (χ0v) is 10.6. The van der Waals surface area contributed by atoms with Crippen LogP contribution in [0.1, 0.15) is 31.7 Å². The summed E-state index contributed by atoms with van der Waals surface area (Å²) < 4.78 is 0. The molecule has 0 aromatic heterocycles. The SMILES string of the molecule is CC1CC2C(CCCN2Cc2ccccc2)N1. The van der Waals surface area contributed by atoms with Crippen molar-refractivity contribution >= 4 is 0 Å². The summed E-state index contributed by atoms with van der Waals surface area (Å²) in [6.07, 6.45) is 4.02. The predicted molar refractivity (Wildman–Crippen MR) is 70.9 cm³/mol. The van der Waals surface area contributed by atoms with E-state index in [2.05, 4.69) is 47.5 Å². The lowest BCUT2D eigenvalue weighted by molar-refractivity contribution is 0.130. The van der Waals surface area contributed by atoms with E-state index >= 15 is 0 Å². The molecule has 0 radical (unpaired) electrons. The van der Waals surface area contributed by atoms with E-state index in [-0.39, 0.29) is 0 Å². The average molecular weight is 230 g/mol. The van der Waals surface area contributed by atoms with Gasteiger partial charge in [0.15, 0.2) is 0 Å². The molecular weight excluding hydrogens is 208 g/mol. The van der Waals surface area contributed by atoms with Crippen molar-refractivity contribution in [2.24, 2.45) is 0 Å². The summed E-state index contributed by atoms with van der Waals surface area (Å²) in [4.78, 5) is 2.68. The Labute approximate surface area is 104 Å². The van der Waals surface area contributed by atoms with Gasteiger partial charge in [-0.1, -0.05) is 30.3 Å². The Morgan fingerprint density at radius 1 is 1.29 bits per heavy atom. The van der Waals surface area contributed by atoms with Crippen LogP contribution in [0, 0.1) is 0 Å². The Morgan fingerprint density at radius 3 is 2.94 bits per heavy atom. The first kappa shape index (κ1) is 11.2. The average Bonchev–Trinajstić information content (AvgIpc) is 2.72. The van der Waals surface area contributed by atoms with E-state index in [0.29, 0.717) is 6.04 Å². The maximum Gasteiger partial charge on any atom is 0.0267 e. The van der Waals surface area contributed by atoms with E-state index in [1.165, 1.54) is 31.4 Å². The number of fused-ring (bicyclic) bond motifs is 1. The molecule has 0 saturated carbocycles. The number of hydrogen-bond donors (Lipinski definition) is 1. The second-order valence-electron chi connectivity index (χ2n) is 5.58. The molecule has 0 spiro atoms. The van der Waals surface area contributed by atoms with Gasteiger partial charge in [-0.15, -0.1) is 0 Å². The zero-order chi connectivity index (χ0) is 11.7. The molecule has 17 heavy (non-hydrogen) atoms. The van der Waals surface area contributed by atoms with Gasteiger partial charge in [-0.3, -0.25) is 4.90 Å². The maximum absolute atomic E-state index is 3.73. The molecule has 2 fully saturated rings. The smallest absolute Gasteiger partial charge is 0.0267 e. The number of benzene rings is 1. The van der Waals surface area contributed by atoms with Crippen molar-refractivity contribution in [3.8, 4) is 0 Å². The molecule has 1 aromatic rings. The number of nitrogens with one attached hydrogen (secondary N) is 1. The molecule has 0 bridgehead atoms. The van der Waals surface area contributed by atoms with E-state index in [1.54, 1.807) is 0 Å². The standard InChI is InChI=1S/C15H22N2/c1-12-10-15-14(16-12)8-5-9-17(15)11-13-6-3-2-4-7-13/h2-4,6-7,12,14-16H,5,8-11H2,1H3. The summed E-state index contributed by atoms with van der Waals surface area (Å²) in [5, 5.41) is 3.73. The molecule has 3 rings (SSSR count). The summed E-state index contributed by atoms with van der Waals surface area (Å²) in [5.41, 5.74) is 1.45. The van der Waals surface area contributed by atoms with Crippen LogP contribution < -0.4 is 5.32 Å². The molecule has 2 nitrogen and oxygen atoms in total. The highest BCUT2D eigenvalue weighted by atomic mass is 15.2. The zero-order valence-electron chi connectivity index (χ0n) is 10.6. The molecule has 3 unspecified atom stereocenters. The van der Waals surface area contributed by atoms with Gasteiger partial charge in [0.25, 0.3) is 0 Å². The van der Waals surface area contributed by atoms with E-state index in [1.807, 2.05) is 0 Å². The molecule has 1 N–H and O–H groups in total. The minimum atomic E-state index is 0.696. The van der Waals surface area contributed by atoms with Gasteiger partial charge < -0.3 is 5.32 Å². The fourth-order valence-corrected chi connectivity index (χ4v) is 3.44. The van der Waals surface area contributed by atoms with Crippen LogP contribution in [-0.2, 0) is 6.54 Å². The normalized spacial score (nSPS) is 33.6. The third-order valence-electron chi connectivity index (χ3n) is 4.22. The van der Waals surface area contributed by atoms with E-state index in [9.17, 15) is 0 Å². The minimum absolute atomic E-state index is 0.696. The molecule has 2 heterocycles. The first-order valence-corrected chi connectivity index (χ1v) is 6.87. The van der Waals surface area contributed by atoms with E-state index in [4.69, 9.17) is 0 Å². The van der Waals surface area contributed by atoms with Crippen LogP contribution in [0.25, 0.3) is 0 Å². The lowest BCUT2D eigenvalue weighted by atomic mass is 9.96. The molecule has 2 aliphatic heterocycles. The maximum atomic E-state index is 3.73. The van der Waals surface area contributed by atoms with Crippen molar-refractivity contribution in [1.82, 2.24) is 10.2 Å². The molecule has 0 amide bonds. The summed E-state index contributed by atoms with van der Waals surface area (Å²) >= 11 is 0. The van der Waals surface area contributed by atoms with Gasteiger partial charge in [0, 0.05) is 24.7 Å². The molecule has 3 atom stereocenters. The fraction of sp³-hybridized carbons (Fsp3) is 0.600. The van der Waals surface area contributed by atoms with E-state index < -0.39 is 0 Å². The minimum Gasteiger partial charge on any atom is -0.310 e. The second kappa shape index (κ2) is 4.79. The van der Waals surface area contributed by atoms with Crippen molar-refractivity contribution in [2.45, 2.75) is 50.9 Å². The Morgan fingerprint density at radius 2 is 2.12 bits per heavy atom. The third-order valence-corrected chi connectivity index (χ3v) is 4.22. The van der Waals surface area contributed by atoms with Crippen LogP contribution in [0.4, 0.5) is 0 Å². The number of piperidine rings is 1. The van der Waals surface area contributed by atoms with Crippen LogP contribution >= 0.6 is 0 Å². The number of likely N-dealkylation sites (tertiary alicyclic amines) is 1.